The molecule has 0 bridgehead atoms. The normalized spacial score (nSPS) is 12.1. The highest BCUT2D eigenvalue weighted by Gasteiger charge is 2.09. The number of carboxylic acid groups (broad SMARTS) is 1. The van der Waals surface area contributed by atoms with Crippen LogP contribution in [-0.4, -0.2) is 28.9 Å². The summed E-state index contributed by atoms with van der Waals surface area (Å²) in [6.07, 6.45) is -1.26. The van der Waals surface area contributed by atoms with E-state index >= 15 is 0 Å². The summed E-state index contributed by atoms with van der Waals surface area (Å²) in [5.74, 6) is -0.411. The number of para-hydroxylation sites is 1. The Balaban J connectivity index is 2.30. The van der Waals surface area contributed by atoms with E-state index in [1.54, 1.807) is 24.3 Å². The number of aliphatic carboxylic acids is 1. The van der Waals surface area contributed by atoms with Crippen LogP contribution in [0.15, 0.2) is 30.3 Å². The predicted molar refractivity (Wildman–Crippen MR) is 50.2 cm³/mol. The maximum absolute atomic E-state index is 10.2. The average molecular weight is 196 g/mol. The number of hydrogen-bond donors (Lipinski definition) is 2. The molecule has 1 rings (SSSR count). The summed E-state index contributed by atoms with van der Waals surface area (Å²) < 4.78 is 5.16. The van der Waals surface area contributed by atoms with Crippen molar-refractivity contribution < 1.29 is 19.7 Å². The first-order chi connectivity index (χ1) is 6.68. The Kier molecular flexibility index (Phi) is 3.94. The van der Waals surface area contributed by atoms with Gasteiger partial charge in [0.1, 0.15) is 12.4 Å². The van der Waals surface area contributed by atoms with Crippen LogP contribution in [0, 0.1) is 0 Å². The number of benzene rings is 1. The number of carboxylic acids is 1. The van der Waals surface area contributed by atoms with Gasteiger partial charge in [0.25, 0.3) is 0 Å². The number of ether oxygens (including phenoxy) is 1. The molecule has 0 saturated carbocycles. The minimum atomic E-state index is -1.03. The maximum atomic E-state index is 10.2. The van der Waals surface area contributed by atoms with E-state index in [4.69, 9.17) is 9.84 Å². The van der Waals surface area contributed by atoms with Gasteiger partial charge in [0, 0.05) is 0 Å². The van der Waals surface area contributed by atoms with Gasteiger partial charge in [0.15, 0.2) is 0 Å². The third-order valence-corrected chi connectivity index (χ3v) is 1.60. The van der Waals surface area contributed by atoms with Crippen molar-refractivity contribution in [2.45, 2.75) is 12.5 Å². The summed E-state index contributed by atoms with van der Waals surface area (Å²) in [5.41, 5.74) is 0. The molecular weight excluding hydrogens is 184 g/mol. The molecule has 1 aromatic rings. The minimum Gasteiger partial charge on any atom is -0.491 e. The highest BCUT2D eigenvalue weighted by atomic mass is 16.5. The van der Waals surface area contributed by atoms with Gasteiger partial charge >= 0.3 is 5.97 Å². The molecule has 0 aromatic heterocycles. The van der Waals surface area contributed by atoms with Gasteiger partial charge in [-0.15, -0.1) is 0 Å². The molecule has 1 aromatic carbocycles. The van der Waals surface area contributed by atoms with Gasteiger partial charge in [-0.05, 0) is 12.1 Å². The summed E-state index contributed by atoms with van der Waals surface area (Å²) >= 11 is 0. The van der Waals surface area contributed by atoms with Gasteiger partial charge in [-0.25, -0.2) is 0 Å². The van der Waals surface area contributed by atoms with E-state index in [0.29, 0.717) is 5.75 Å². The lowest BCUT2D eigenvalue weighted by molar-refractivity contribution is -0.139. The second-order valence-corrected chi connectivity index (χ2v) is 2.88. The van der Waals surface area contributed by atoms with Crippen molar-refractivity contribution in [2.24, 2.45) is 0 Å². The second-order valence-electron chi connectivity index (χ2n) is 2.88. The van der Waals surface area contributed by atoms with Crippen LogP contribution in [0.2, 0.25) is 0 Å². The molecule has 4 heteroatoms. The number of rotatable bonds is 5. The van der Waals surface area contributed by atoms with Crippen LogP contribution < -0.4 is 4.74 Å². The Bertz CT molecular complexity index is 283. The molecular formula is C10H12O4. The van der Waals surface area contributed by atoms with Crippen LogP contribution in [0.1, 0.15) is 6.42 Å². The Morgan fingerprint density at radius 3 is 2.57 bits per heavy atom. The zero-order valence-corrected chi connectivity index (χ0v) is 7.59. The molecule has 14 heavy (non-hydrogen) atoms. The van der Waals surface area contributed by atoms with Crippen molar-refractivity contribution in [2.75, 3.05) is 6.61 Å². The number of aliphatic hydroxyl groups excluding tert-OH is 1. The fourth-order valence-electron chi connectivity index (χ4n) is 0.970. The van der Waals surface area contributed by atoms with E-state index in [9.17, 15) is 9.90 Å². The first-order valence-electron chi connectivity index (χ1n) is 4.26. The first-order valence-corrected chi connectivity index (χ1v) is 4.26. The van der Waals surface area contributed by atoms with Crippen LogP contribution in [0.5, 0.6) is 5.75 Å². The first kappa shape index (κ1) is 10.5. The molecule has 0 aliphatic heterocycles. The molecule has 2 N–H and O–H groups in total. The summed E-state index contributed by atoms with van der Waals surface area (Å²) in [6, 6.07) is 8.94. The smallest absolute Gasteiger partial charge is 0.306 e. The lowest BCUT2D eigenvalue weighted by atomic mass is 10.3. The van der Waals surface area contributed by atoms with Gasteiger partial charge in [-0.1, -0.05) is 18.2 Å². The summed E-state index contributed by atoms with van der Waals surface area (Å²) in [4.78, 5) is 10.2. The fraction of sp³-hybridized carbons (Fsp3) is 0.300. The summed E-state index contributed by atoms with van der Waals surface area (Å²) in [5, 5.41) is 17.5. The molecule has 0 spiro atoms. The molecule has 1 atom stereocenters. The summed E-state index contributed by atoms with van der Waals surface area (Å²) in [7, 11) is 0. The van der Waals surface area contributed by atoms with Crippen LogP contribution in [-0.2, 0) is 4.79 Å². The third-order valence-electron chi connectivity index (χ3n) is 1.60. The molecule has 0 amide bonds. The van der Waals surface area contributed by atoms with Crippen molar-refractivity contribution in [1.29, 1.82) is 0 Å². The summed E-state index contributed by atoms with van der Waals surface area (Å²) in [6.45, 7) is -0.00366. The average Bonchev–Trinajstić information content (AvgIpc) is 2.15. The number of carbonyl (C=O) groups is 1. The van der Waals surface area contributed by atoms with E-state index in [1.165, 1.54) is 0 Å². The van der Waals surface area contributed by atoms with Crippen molar-refractivity contribution >= 4 is 5.97 Å². The molecule has 0 unspecified atom stereocenters. The molecule has 0 aliphatic rings. The Morgan fingerprint density at radius 1 is 1.36 bits per heavy atom. The van der Waals surface area contributed by atoms with Crippen molar-refractivity contribution in [3.8, 4) is 5.75 Å². The lowest BCUT2D eigenvalue weighted by Crippen LogP contribution is -2.21. The van der Waals surface area contributed by atoms with E-state index in [1.807, 2.05) is 6.07 Å². The van der Waals surface area contributed by atoms with Crippen LogP contribution in [0.4, 0.5) is 0 Å². The number of hydrogen-bond acceptors (Lipinski definition) is 3. The predicted octanol–water partition coefficient (Wildman–Crippen LogP) is 0.901. The molecule has 4 nitrogen and oxygen atoms in total. The standard InChI is InChI=1S/C10H12O4/c11-8(6-10(12)13)7-14-9-4-2-1-3-5-9/h1-5,8,11H,6-7H2,(H,12,13)/t8-/m1/s1. The fourth-order valence-corrected chi connectivity index (χ4v) is 0.970. The highest BCUT2D eigenvalue weighted by molar-refractivity contribution is 5.67. The van der Waals surface area contributed by atoms with Gasteiger partial charge in [0.05, 0.1) is 12.5 Å². The molecule has 0 aliphatic carbocycles. The van der Waals surface area contributed by atoms with Gasteiger partial charge < -0.3 is 14.9 Å². The van der Waals surface area contributed by atoms with Crippen molar-refractivity contribution in [3.05, 3.63) is 30.3 Å². The van der Waals surface area contributed by atoms with E-state index < -0.39 is 12.1 Å². The zero-order chi connectivity index (χ0) is 10.4. The van der Waals surface area contributed by atoms with E-state index in [0.717, 1.165) is 0 Å². The largest absolute Gasteiger partial charge is 0.491 e. The highest BCUT2D eigenvalue weighted by Crippen LogP contribution is 2.08. The second kappa shape index (κ2) is 5.24. The van der Waals surface area contributed by atoms with Gasteiger partial charge in [0.2, 0.25) is 0 Å². The maximum Gasteiger partial charge on any atom is 0.306 e. The quantitative estimate of drug-likeness (QED) is 0.734. The van der Waals surface area contributed by atoms with Crippen molar-refractivity contribution in [1.82, 2.24) is 0 Å². The van der Waals surface area contributed by atoms with Crippen LogP contribution in [0.25, 0.3) is 0 Å². The molecule has 76 valence electrons. The SMILES string of the molecule is O=C(O)C[C@@H](O)COc1ccccc1. The van der Waals surface area contributed by atoms with Crippen LogP contribution in [0.3, 0.4) is 0 Å². The molecule has 0 saturated heterocycles. The van der Waals surface area contributed by atoms with Gasteiger partial charge in [-0.2, -0.15) is 0 Å². The Hall–Kier alpha value is -1.55. The molecule has 0 fully saturated rings. The zero-order valence-electron chi connectivity index (χ0n) is 7.59. The molecule has 0 heterocycles. The Labute approximate surface area is 81.8 Å². The third kappa shape index (κ3) is 3.91. The Morgan fingerprint density at radius 2 is 2.00 bits per heavy atom. The van der Waals surface area contributed by atoms with Crippen molar-refractivity contribution in [3.63, 3.8) is 0 Å². The minimum absolute atomic E-state index is 0.00366. The van der Waals surface area contributed by atoms with Gasteiger partial charge in [-0.3, -0.25) is 4.79 Å². The lowest BCUT2D eigenvalue weighted by Gasteiger charge is -2.09. The molecule has 0 radical (unpaired) electrons. The number of aliphatic hydroxyl groups is 1. The van der Waals surface area contributed by atoms with Crippen LogP contribution >= 0.6 is 0 Å². The monoisotopic (exact) mass is 196 g/mol. The van der Waals surface area contributed by atoms with E-state index in [2.05, 4.69) is 0 Å². The van der Waals surface area contributed by atoms with E-state index in [-0.39, 0.29) is 13.0 Å². The topological polar surface area (TPSA) is 66.8 Å².